The second-order valence-electron chi connectivity index (χ2n) is 7.69. The number of aryl methyl sites for hydroxylation is 2. The van der Waals surface area contributed by atoms with Crippen molar-refractivity contribution in [1.29, 1.82) is 0 Å². The van der Waals surface area contributed by atoms with E-state index < -0.39 is 0 Å². The Labute approximate surface area is 175 Å². The zero-order valence-corrected chi connectivity index (χ0v) is 16.9. The summed E-state index contributed by atoms with van der Waals surface area (Å²) in [5.74, 6) is 1.85. The van der Waals surface area contributed by atoms with Gasteiger partial charge < -0.3 is 14.6 Å². The van der Waals surface area contributed by atoms with Gasteiger partial charge in [0, 0.05) is 24.7 Å². The SMILES string of the molecule is Cn1c(-c2cccc(COc3ccc4c(c3)CCCC(=O)N4)c2)nc2ccccc21. The van der Waals surface area contributed by atoms with Crippen molar-refractivity contribution in [2.45, 2.75) is 25.9 Å². The summed E-state index contributed by atoms with van der Waals surface area (Å²) in [7, 11) is 2.04. The Balaban J connectivity index is 1.36. The van der Waals surface area contributed by atoms with E-state index in [0.29, 0.717) is 13.0 Å². The largest absolute Gasteiger partial charge is 0.489 e. The van der Waals surface area contributed by atoms with Gasteiger partial charge in [0.25, 0.3) is 0 Å². The fourth-order valence-electron chi connectivity index (χ4n) is 4.01. The lowest BCUT2D eigenvalue weighted by Gasteiger charge is -2.11. The lowest BCUT2D eigenvalue weighted by atomic mass is 10.1. The minimum Gasteiger partial charge on any atom is -0.489 e. The van der Waals surface area contributed by atoms with Gasteiger partial charge >= 0.3 is 0 Å². The monoisotopic (exact) mass is 397 g/mol. The van der Waals surface area contributed by atoms with Gasteiger partial charge in [0.2, 0.25) is 5.91 Å². The molecule has 0 aliphatic carbocycles. The highest BCUT2D eigenvalue weighted by atomic mass is 16.5. The number of amides is 1. The molecule has 0 unspecified atom stereocenters. The van der Waals surface area contributed by atoms with Crippen molar-refractivity contribution < 1.29 is 9.53 Å². The first-order chi connectivity index (χ1) is 14.7. The third kappa shape index (κ3) is 3.54. The molecule has 1 N–H and O–H groups in total. The number of carbonyl (C=O) groups is 1. The van der Waals surface area contributed by atoms with Crippen LogP contribution in [0.3, 0.4) is 0 Å². The van der Waals surface area contributed by atoms with Crippen LogP contribution in [-0.2, 0) is 24.9 Å². The van der Waals surface area contributed by atoms with Gasteiger partial charge in [-0.05, 0) is 60.4 Å². The second-order valence-corrected chi connectivity index (χ2v) is 7.69. The molecule has 150 valence electrons. The fraction of sp³-hybridized carbons (Fsp3) is 0.200. The number of carbonyl (C=O) groups excluding carboxylic acids is 1. The van der Waals surface area contributed by atoms with Crippen molar-refractivity contribution in [3.63, 3.8) is 0 Å². The van der Waals surface area contributed by atoms with E-state index in [4.69, 9.17) is 9.72 Å². The molecule has 4 aromatic rings. The van der Waals surface area contributed by atoms with Crippen LogP contribution in [0.1, 0.15) is 24.0 Å². The molecule has 5 nitrogen and oxygen atoms in total. The molecule has 0 spiro atoms. The molecule has 5 heteroatoms. The van der Waals surface area contributed by atoms with Gasteiger partial charge in [0.15, 0.2) is 0 Å². The number of nitrogens with zero attached hydrogens (tertiary/aromatic N) is 2. The molecule has 1 amide bonds. The first-order valence-electron chi connectivity index (χ1n) is 10.2. The smallest absolute Gasteiger partial charge is 0.224 e. The van der Waals surface area contributed by atoms with E-state index in [9.17, 15) is 4.79 Å². The average molecular weight is 397 g/mol. The number of ether oxygens (including phenoxy) is 1. The maximum Gasteiger partial charge on any atom is 0.224 e. The van der Waals surface area contributed by atoms with Crippen molar-refractivity contribution >= 4 is 22.6 Å². The van der Waals surface area contributed by atoms with Crippen LogP contribution in [0.5, 0.6) is 5.75 Å². The second kappa shape index (κ2) is 7.67. The molecule has 1 aliphatic rings. The van der Waals surface area contributed by atoms with Gasteiger partial charge in [0.1, 0.15) is 18.2 Å². The third-order valence-electron chi connectivity index (χ3n) is 5.58. The Morgan fingerprint density at radius 3 is 2.83 bits per heavy atom. The number of para-hydroxylation sites is 2. The van der Waals surface area contributed by atoms with E-state index in [0.717, 1.165) is 57.8 Å². The van der Waals surface area contributed by atoms with Crippen LogP contribution >= 0.6 is 0 Å². The highest BCUT2D eigenvalue weighted by Crippen LogP contribution is 2.28. The summed E-state index contributed by atoms with van der Waals surface area (Å²) in [5.41, 5.74) is 6.29. The molecule has 1 aromatic heterocycles. The summed E-state index contributed by atoms with van der Waals surface area (Å²) in [6.07, 6.45) is 2.32. The number of hydrogen-bond acceptors (Lipinski definition) is 3. The van der Waals surface area contributed by atoms with Gasteiger partial charge in [-0.2, -0.15) is 0 Å². The number of imidazole rings is 1. The maximum absolute atomic E-state index is 11.7. The van der Waals surface area contributed by atoms with Crippen LogP contribution in [0.2, 0.25) is 0 Å². The van der Waals surface area contributed by atoms with Gasteiger partial charge in [-0.3, -0.25) is 4.79 Å². The molecule has 1 aliphatic heterocycles. The fourth-order valence-corrected chi connectivity index (χ4v) is 4.01. The van der Waals surface area contributed by atoms with E-state index in [1.807, 2.05) is 49.5 Å². The van der Waals surface area contributed by atoms with E-state index in [1.165, 1.54) is 0 Å². The lowest BCUT2D eigenvalue weighted by Crippen LogP contribution is -2.09. The Kier molecular flexibility index (Phi) is 4.71. The van der Waals surface area contributed by atoms with Crippen LogP contribution in [0.4, 0.5) is 5.69 Å². The average Bonchev–Trinajstić information content (AvgIpc) is 2.98. The summed E-state index contributed by atoms with van der Waals surface area (Å²) in [6.45, 7) is 0.475. The molecule has 0 atom stereocenters. The summed E-state index contributed by atoms with van der Waals surface area (Å²) >= 11 is 0. The summed E-state index contributed by atoms with van der Waals surface area (Å²) in [5, 5.41) is 2.96. The summed E-state index contributed by atoms with van der Waals surface area (Å²) < 4.78 is 8.19. The van der Waals surface area contributed by atoms with E-state index in [2.05, 4.69) is 34.1 Å². The third-order valence-corrected chi connectivity index (χ3v) is 5.58. The normalized spacial score (nSPS) is 13.6. The van der Waals surface area contributed by atoms with Crippen LogP contribution in [-0.4, -0.2) is 15.5 Å². The highest BCUT2D eigenvalue weighted by Gasteiger charge is 2.14. The Bertz CT molecular complexity index is 1240. The molecule has 0 radical (unpaired) electrons. The minimum atomic E-state index is 0.0844. The van der Waals surface area contributed by atoms with Crippen LogP contribution in [0, 0.1) is 0 Å². The zero-order valence-electron chi connectivity index (χ0n) is 16.9. The number of anilines is 1. The van der Waals surface area contributed by atoms with Gasteiger partial charge in [-0.15, -0.1) is 0 Å². The van der Waals surface area contributed by atoms with Crippen LogP contribution in [0.15, 0.2) is 66.7 Å². The van der Waals surface area contributed by atoms with Crippen molar-refractivity contribution in [2.24, 2.45) is 7.05 Å². The standard InChI is InChI=1S/C25H23N3O2/c1-28-23-10-3-2-9-22(23)27-25(28)19-8-4-6-17(14-19)16-30-20-12-13-21-18(15-20)7-5-11-24(29)26-21/h2-4,6,8-10,12-15H,5,7,11,16H2,1H3,(H,26,29). The number of fused-ring (bicyclic) bond motifs is 2. The Hall–Kier alpha value is -3.60. The summed E-state index contributed by atoms with van der Waals surface area (Å²) in [6, 6.07) is 22.4. The van der Waals surface area contributed by atoms with E-state index in [-0.39, 0.29) is 5.91 Å². The first kappa shape index (κ1) is 18.4. The number of hydrogen-bond donors (Lipinski definition) is 1. The predicted molar refractivity (Wildman–Crippen MR) is 118 cm³/mol. The Morgan fingerprint density at radius 1 is 1.03 bits per heavy atom. The van der Waals surface area contributed by atoms with Gasteiger partial charge in [-0.25, -0.2) is 4.98 Å². The number of aromatic nitrogens is 2. The predicted octanol–water partition coefficient (Wildman–Crippen LogP) is 5.09. The maximum atomic E-state index is 11.7. The summed E-state index contributed by atoms with van der Waals surface area (Å²) in [4.78, 5) is 16.5. The van der Waals surface area contributed by atoms with Crippen molar-refractivity contribution in [3.05, 3.63) is 77.9 Å². The molecular formula is C25H23N3O2. The molecule has 2 heterocycles. The quantitative estimate of drug-likeness (QED) is 0.522. The van der Waals surface area contributed by atoms with Crippen molar-refractivity contribution in [1.82, 2.24) is 9.55 Å². The molecule has 30 heavy (non-hydrogen) atoms. The molecule has 0 bridgehead atoms. The molecule has 5 rings (SSSR count). The molecule has 0 saturated heterocycles. The lowest BCUT2D eigenvalue weighted by molar-refractivity contribution is -0.116. The Morgan fingerprint density at radius 2 is 1.93 bits per heavy atom. The van der Waals surface area contributed by atoms with Gasteiger partial charge in [0.05, 0.1) is 11.0 Å². The molecule has 0 saturated carbocycles. The highest BCUT2D eigenvalue weighted by molar-refractivity contribution is 5.92. The molecule has 0 fully saturated rings. The van der Waals surface area contributed by atoms with Crippen molar-refractivity contribution in [2.75, 3.05) is 5.32 Å². The number of rotatable bonds is 4. The zero-order chi connectivity index (χ0) is 20.5. The van der Waals surface area contributed by atoms with Crippen molar-refractivity contribution in [3.8, 4) is 17.1 Å². The van der Waals surface area contributed by atoms with E-state index in [1.54, 1.807) is 0 Å². The number of benzene rings is 3. The van der Waals surface area contributed by atoms with E-state index >= 15 is 0 Å². The van der Waals surface area contributed by atoms with Crippen LogP contribution in [0.25, 0.3) is 22.4 Å². The minimum absolute atomic E-state index is 0.0844. The topological polar surface area (TPSA) is 56.1 Å². The number of nitrogens with one attached hydrogen (secondary N) is 1. The molecular weight excluding hydrogens is 374 g/mol. The van der Waals surface area contributed by atoms with Gasteiger partial charge in [-0.1, -0.05) is 30.3 Å². The molecule has 3 aromatic carbocycles. The van der Waals surface area contributed by atoms with Crippen LogP contribution < -0.4 is 10.1 Å². The first-order valence-corrected chi connectivity index (χ1v) is 10.2.